The maximum absolute atomic E-state index is 6.86. The molecule has 0 radical (unpaired) electrons. The van der Waals surface area contributed by atoms with Gasteiger partial charge in [0, 0.05) is 6.61 Å². The monoisotopic (exact) mass is 512 g/mol. The van der Waals surface area contributed by atoms with Crippen LogP contribution < -0.4 is 10.4 Å². The van der Waals surface area contributed by atoms with E-state index in [9.17, 15) is 0 Å². The molecule has 2 aromatic rings. The van der Waals surface area contributed by atoms with E-state index in [1.807, 2.05) is 0 Å². The van der Waals surface area contributed by atoms with Crippen molar-refractivity contribution in [2.45, 2.75) is 96.9 Å². The van der Waals surface area contributed by atoms with Crippen LogP contribution >= 0.6 is 0 Å². The molecule has 0 fully saturated rings. The third kappa shape index (κ3) is 10.5. The normalized spacial score (nSPS) is 12.2. The first kappa shape index (κ1) is 30.8. The highest BCUT2D eigenvalue weighted by atomic mass is 28.4. The molecule has 3 nitrogen and oxygen atoms in total. The van der Waals surface area contributed by atoms with Crippen LogP contribution in [-0.2, 0) is 13.9 Å². The molecule has 0 atom stereocenters. The molecular formula is C32H52O3Si. The van der Waals surface area contributed by atoms with Gasteiger partial charge in [0.1, 0.15) is 0 Å². The SMILES string of the molecule is CCCCCCCCCCCCOCCOCCO[Si](c1ccccc1)(c1ccccc1)C(C)(C)C. The molecule has 0 saturated heterocycles. The first-order valence-corrected chi connectivity index (χ1v) is 16.3. The highest BCUT2D eigenvalue weighted by molar-refractivity contribution is 6.99. The van der Waals surface area contributed by atoms with Gasteiger partial charge in [0.25, 0.3) is 8.32 Å². The van der Waals surface area contributed by atoms with Crippen LogP contribution in [0.4, 0.5) is 0 Å². The maximum atomic E-state index is 6.86. The van der Waals surface area contributed by atoms with E-state index in [1.165, 1.54) is 68.2 Å². The van der Waals surface area contributed by atoms with Crippen molar-refractivity contribution < 1.29 is 13.9 Å². The predicted octanol–water partition coefficient (Wildman–Crippen LogP) is 7.52. The van der Waals surface area contributed by atoms with Crippen molar-refractivity contribution in [3.8, 4) is 0 Å². The van der Waals surface area contributed by atoms with Gasteiger partial charge in [0.05, 0.1) is 26.4 Å². The summed E-state index contributed by atoms with van der Waals surface area (Å²) in [6, 6.07) is 21.6. The molecule has 0 spiro atoms. The van der Waals surface area contributed by atoms with Crippen LogP contribution in [0.1, 0.15) is 91.9 Å². The zero-order valence-electron chi connectivity index (χ0n) is 23.6. The van der Waals surface area contributed by atoms with Crippen molar-refractivity contribution in [1.29, 1.82) is 0 Å². The van der Waals surface area contributed by atoms with Crippen LogP contribution in [0.25, 0.3) is 0 Å². The highest BCUT2D eigenvalue weighted by Gasteiger charge is 2.49. The summed E-state index contributed by atoms with van der Waals surface area (Å²) >= 11 is 0. The Labute approximate surface area is 223 Å². The second kappa shape index (κ2) is 17.9. The number of unbranched alkanes of at least 4 members (excludes halogenated alkanes) is 9. The van der Waals surface area contributed by atoms with Crippen LogP contribution in [0.3, 0.4) is 0 Å². The Morgan fingerprint density at radius 2 is 0.944 bits per heavy atom. The van der Waals surface area contributed by atoms with E-state index < -0.39 is 8.32 Å². The molecule has 36 heavy (non-hydrogen) atoms. The molecule has 2 rings (SSSR count). The molecule has 4 heteroatoms. The first-order chi connectivity index (χ1) is 17.5. The molecule has 202 valence electrons. The fourth-order valence-electron chi connectivity index (χ4n) is 5.03. The van der Waals surface area contributed by atoms with Gasteiger partial charge in [0.2, 0.25) is 0 Å². The smallest absolute Gasteiger partial charge is 0.261 e. The summed E-state index contributed by atoms with van der Waals surface area (Å²) < 4.78 is 18.5. The van der Waals surface area contributed by atoms with Gasteiger partial charge in [-0.15, -0.1) is 0 Å². The second-order valence-corrected chi connectivity index (χ2v) is 15.2. The Bertz CT molecular complexity index is 733. The Morgan fingerprint density at radius 1 is 0.528 bits per heavy atom. The average molecular weight is 513 g/mol. The third-order valence-corrected chi connectivity index (χ3v) is 12.0. The van der Waals surface area contributed by atoms with Crippen molar-refractivity contribution in [2.24, 2.45) is 0 Å². The van der Waals surface area contributed by atoms with Gasteiger partial charge in [-0.2, -0.15) is 0 Å². The lowest BCUT2D eigenvalue weighted by Gasteiger charge is -2.43. The van der Waals surface area contributed by atoms with Crippen LogP contribution in [0.2, 0.25) is 5.04 Å². The van der Waals surface area contributed by atoms with Crippen LogP contribution in [0, 0.1) is 0 Å². The Balaban J connectivity index is 1.65. The Kier molecular flexibility index (Phi) is 15.3. The van der Waals surface area contributed by atoms with Crippen molar-refractivity contribution in [3.05, 3.63) is 60.7 Å². The largest absolute Gasteiger partial charge is 0.405 e. The summed E-state index contributed by atoms with van der Waals surface area (Å²) in [5.41, 5.74) is 0. The standard InChI is InChI=1S/C32H52O3Si/c1-5-6-7-8-9-10-11-12-13-20-25-33-26-27-34-28-29-35-36(32(2,3)4,30-21-16-14-17-22-30)31-23-18-15-19-24-31/h14-19,21-24H,5-13,20,25-29H2,1-4H3. The lowest BCUT2D eigenvalue weighted by Crippen LogP contribution is -2.66. The van der Waals surface area contributed by atoms with E-state index in [0.29, 0.717) is 26.4 Å². The van der Waals surface area contributed by atoms with Crippen molar-refractivity contribution in [2.75, 3.05) is 33.0 Å². The third-order valence-electron chi connectivity index (χ3n) is 6.98. The zero-order chi connectivity index (χ0) is 26.0. The summed E-state index contributed by atoms with van der Waals surface area (Å²) in [4.78, 5) is 0. The maximum Gasteiger partial charge on any atom is 0.261 e. The van der Waals surface area contributed by atoms with Gasteiger partial charge in [-0.1, -0.05) is 146 Å². The van der Waals surface area contributed by atoms with Gasteiger partial charge < -0.3 is 13.9 Å². The summed E-state index contributed by atoms with van der Waals surface area (Å²) in [6.07, 6.45) is 13.5. The topological polar surface area (TPSA) is 27.7 Å². The quantitative estimate of drug-likeness (QED) is 0.136. The molecule has 0 N–H and O–H groups in total. The number of rotatable bonds is 20. The molecule has 0 aliphatic rings. The number of benzene rings is 2. The molecular weight excluding hydrogens is 460 g/mol. The number of hydrogen-bond acceptors (Lipinski definition) is 3. The van der Waals surface area contributed by atoms with Gasteiger partial charge in [-0.3, -0.25) is 0 Å². The lowest BCUT2D eigenvalue weighted by molar-refractivity contribution is 0.0340. The van der Waals surface area contributed by atoms with Crippen LogP contribution in [0.5, 0.6) is 0 Å². The van der Waals surface area contributed by atoms with Gasteiger partial charge in [0.15, 0.2) is 0 Å². The van der Waals surface area contributed by atoms with Gasteiger partial charge in [-0.05, 0) is 21.8 Å². The van der Waals surface area contributed by atoms with E-state index in [-0.39, 0.29) is 5.04 Å². The van der Waals surface area contributed by atoms with E-state index in [1.54, 1.807) is 0 Å². The minimum absolute atomic E-state index is 0.00608. The van der Waals surface area contributed by atoms with Crippen molar-refractivity contribution in [3.63, 3.8) is 0 Å². The highest BCUT2D eigenvalue weighted by Crippen LogP contribution is 2.36. The summed E-state index contributed by atoms with van der Waals surface area (Å²) in [5, 5.41) is 2.61. The summed E-state index contributed by atoms with van der Waals surface area (Å²) in [7, 11) is -2.47. The molecule has 0 heterocycles. The number of hydrogen-bond donors (Lipinski definition) is 0. The minimum atomic E-state index is -2.47. The summed E-state index contributed by atoms with van der Waals surface area (Å²) in [5.74, 6) is 0. The summed E-state index contributed by atoms with van der Waals surface area (Å²) in [6.45, 7) is 12.5. The lowest BCUT2D eigenvalue weighted by atomic mass is 10.1. The molecule has 0 amide bonds. The predicted molar refractivity (Wildman–Crippen MR) is 157 cm³/mol. The molecule has 0 aliphatic heterocycles. The first-order valence-electron chi connectivity index (χ1n) is 14.4. The number of ether oxygens (including phenoxy) is 2. The van der Waals surface area contributed by atoms with Gasteiger partial charge in [-0.25, -0.2) is 0 Å². The van der Waals surface area contributed by atoms with Crippen molar-refractivity contribution >= 4 is 18.7 Å². The molecule has 0 bridgehead atoms. The van der Waals surface area contributed by atoms with E-state index >= 15 is 0 Å². The van der Waals surface area contributed by atoms with Gasteiger partial charge >= 0.3 is 0 Å². The Morgan fingerprint density at radius 3 is 1.42 bits per heavy atom. The minimum Gasteiger partial charge on any atom is -0.405 e. The van der Waals surface area contributed by atoms with Crippen LogP contribution in [-0.4, -0.2) is 41.4 Å². The second-order valence-electron chi connectivity index (χ2n) is 10.9. The van der Waals surface area contributed by atoms with Crippen molar-refractivity contribution in [1.82, 2.24) is 0 Å². The zero-order valence-corrected chi connectivity index (χ0v) is 24.6. The fourth-order valence-corrected chi connectivity index (χ4v) is 9.57. The Hall–Kier alpha value is -1.46. The molecule has 0 aliphatic carbocycles. The fraction of sp³-hybridized carbons (Fsp3) is 0.625. The molecule has 0 aromatic heterocycles. The molecule has 0 saturated carbocycles. The van der Waals surface area contributed by atoms with E-state index in [2.05, 4.69) is 88.4 Å². The van der Waals surface area contributed by atoms with Crippen LogP contribution in [0.15, 0.2) is 60.7 Å². The van der Waals surface area contributed by atoms with E-state index in [4.69, 9.17) is 13.9 Å². The van der Waals surface area contributed by atoms with E-state index in [0.717, 1.165) is 13.0 Å². The molecule has 2 aromatic carbocycles. The molecule has 0 unspecified atom stereocenters. The average Bonchev–Trinajstić information content (AvgIpc) is 2.88.